The molecular weight excluding hydrogens is 334 g/mol. The van der Waals surface area contributed by atoms with Crippen LogP contribution in [-0.4, -0.2) is 21.6 Å². The van der Waals surface area contributed by atoms with E-state index in [0.717, 1.165) is 29.7 Å². The Balaban J connectivity index is 1.61. The van der Waals surface area contributed by atoms with Crippen molar-refractivity contribution in [3.63, 3.8) is 0 Å². The largest absolute Gasteiger partial charge is 0.492 e. The minimum atomic E-state index is -3.52. The van der Waals surface area contributed by atoms with Crippen molar-refractivity contribution in [3.8, 4) is 5.75 Å². The summed E-state index contributed by atoms with van der Waals surface area (Å²) in [5.41, 5.74) is 4.32. The fourth-order valence-corrected chi connectivity index (χ4v) is 4.63. The van der Waals surface area contributed by atoms with Crippen LogP contribution in [-0.2, 0) is 22.9 Å². The molecule has 0 saturated heterocycles. The lowest BCUT2D eigenvalue weighted by molar-refractivity contribution is 0.318. The van der Waals surface area contributed by atoms with E-state index in [9.17, 15) is 8.42 Å². The SMILES string of the molecule is Cc1ccc(C)c(S(=O)(=O)NCCOc2cccc3c2CCCC3)c1. The van der Waals surface area contributed by atoms with E-state index in [1.807, 2.05) is 31.2 Å². The highest BCUT2D eigenvalue weighted by Gasteiger charge is 2.17. The second-order valence-corrected chi connectivity index (χ2v) is 8.35. The van der Waals surface area contributed by atoms with Crippen LogP contribution < -0.4 is 9.46 Å². The van der Waals surface area contributed by atoms with Gasteiger partial charge in [0.2, 0.25) is 10.0 Å². The molecule has 134 valence electrons. The molecule has 0 aliphatic heterocycles. The Bertz CT molecular complexity index is 859. The Morgan fingerprint density at radius 2 is 1.88 bits per heavy atom. The van der Waals surface area contributed by atoms with Gasteiger partial charge in [-0.05, 0) is 73.9 Å². The summed E-state index contributed by atoms with van der Waals surface area (Å²) in [5, 5.41) is 0. The Labute approximate surface area is 150 Å². The van der Waals surface area contributed by atoms with Crippen LogP contribution in [0.2, 0.25) is 0 Å². The number of sulfonamides is 1. The van der Waals surface area contributed by atoms with Crippen LogP contribution >= 0.6 is 0 Å². The fraction of sp³-hybridized carbons (Fsp3) is 0.400. The third-order valence-electron chi connectivity index (χ3n) is 4.64. The maximum Gasteiger partial charge on any atom is 0.240 e. The lowest BCUT2D eigenvalue weighted by Gasteiger charge is -2.19. The second-order valence-electron chi connectivity index (χ2n) is 6.62. The molecule has 2 aromatic rings. The predicted molar refractivity (Wildman–Crippen MR) is 99.7 cm³/mol. The number of ether oxygens (including phenoxy) is 1. The Morgan fingerprint density at radius 3 is 2.72 bits per heavy atom. The van der Waals surface area contributed by atoms with Crippen LogP contribution in [0.5, 0.6) is 5.75 Å². The molecule has 0 unspecified atom stereocenters. The summed E-state index contributed by atoms with van der Waals surface area (Å²) in [6, 6.07) is 11.6. The number of nitrogens with one attached hydrogen (secondary N) is 1. The zero-order valence-corrected chi connectivity index (χ0v) is 15.7. The molecule has 0 atom stereocenters. The quantitative estimate of drug-likeness (QED) is 0.803. The number of hydrogen-bond donors (Lipinski definition) is 1. The number of benzene rings is 2. The summed E-state index contributed by atoms with van der Waals surface area (Å²) in [7, 11) is -3.52. The molecule has 0 heterocycles. The molecular formula is C20H25NO3S. The zero-order chi connectivity index (χ0) is 17.9. The van der Waals surface area contributed by atoms with Gasteiger partial charge in [0.1, 0.15) is 12.4 Å². The highest BCUT2D eigenvalue weighted by Crippen LogP contribution is 2.29. The standard InChI is InChI=1S/C20H25NO3S/c1-15-10-11-16(2)20(14-15)25(22,23)21-12-13-24-19-9-5-7-17-6-3-4-8-18(17)19/h5,7,9-11,14,21H,3-4,6,8,12-13H2,1-2H3. The van der Waals surface area contributed by atoms with Gasteiger partial charge in [-0.3, -0.25) is 0 Å². The average Bonchev–Trinajstić information content (AvgIpc) is 2.61. The smallest absolute Gasteiger partial charge is 0.240 e. The number of aryl methyl sites for hydroxylation is 3. The molecule has 0 spiro atoms. The Morgan fingerprint density at radius 1 is 1.08 bits per heavy atom. The summed E-state index contributed by atoms with van der Waals surface area (Å²) in [6.07, 6.45) is 4.56. The third kappa shape index (κ3) is 4.22. The average molecular weight is 359 g/mol. The van der Waals surface area contributed by atoms with E-state index >= 15 is 0 Å². The van der Waals surface area contributed by atoms with Crippen LogP contribution in [0.15, 0.2) is 41.3 Å². The Hall–Kier alpha value is -1.85. The first-order chi connectivity index (χ1) is 12.0. The molecule has 4 nitrogen and oxygen atoms in total. The van der Waals surface area contributed by atoms with Crippen molar-refractivity contribution in [2.45, 2.75) is 44.4 Å². The van der Waals surface area contributed by atoms with Gasteiger partial charge in [-0.1, -0.05) is 24.3 Å². The summed E-state index contributed by atoms with van der Waals surface area (Å²) >= 11 is 0. The van der Waals surface area contributed by atoms with Gasteiger partial charge in [0.25, 0.3) is 0 Å². The van der Waals surface area contributed by atoms with Crippen molar-refractivity contribution < 1.29 is 13.2 Å². The van der Waals surface area contributed by atoms with Crippen LogP contribution in [0.4, 0.5) is 0 Å². The van der Waals surface area contributed by atoms with Gasteiger partial charge in [-0.2, -0.15) is 0 Å². The molecule has 0 bridgehead atoms. The van der Waals surface area contributed by atoms with Crippen molar-refractivity contribution in [2.75, 3.05) is 13.2 Å². The first-order valence-electron chi connectivity index (χ1n) is 8.78. The summed E-state index contributed by atoms with van der Waals surface area (Å²) in [6.45, 7) is 4.26. The molecule has 1 N–H and O–H groups in total. The van der Waals surface area contributed by atoms with E-state index in [4.69, 9.17) is 4.74 Å². The second kappa shape index (κ2) is 7.58. The molecule has 3 rings (SSSR count). The van der Waals surface area contributed by atoms with Crippen molar-refractivity contribution in [2.24, 2.45) is 0 Å². The Kier molecular flexibility index (Phi) is 5.45. The molecule has 25 heavy (non-hydrogen) atoms. The van der Waals surface area contributed by atoms with E-state index in [0.29, 0.717) is 11.5 Å². The summed E-state index contributed by atoms with van der Waals surface area (Å²) in [5.74, 6) is 0.892. The van der Waals surface area contributed by atoms with Gasteiger partial charge < -0.3 is 4.74 Å². The fourth-order valence-electron chi connectivity index (χ4n) is 3.29. The van der Waals surface area contributed by atoms with Gasteiger partial charge >= 0.3 is 0 Å². The summed E-state index contributed by atoms with van der Waals surface area (Å²) < 4.78 is 33.5. The molecule has 0 aromatic heterocycles. The number of rotatable bonds is 6. The maximum atomic E-state index is 12.5. The highest BCUT2D eigenvalue weighted by molar-refractivity contribution is 7.89. The van der Waals surface area contributed by atoms with E-state index in [1.54, 1.807) is 13.0 Å². The van der Waals surface area contributed by atoms with Gasteiger partial charge in [-0.25, -0.2) is 13.1 Å². The predicted octanol–water partition coefficient (Wildman–Crippen LogP) is 3.54. The van der Waals surface area contributed by atoms with E-state index in [2.05, 4.69) is 10.8 Å². The normalized spacial score (nSPS) is 14.2. The van der Waals surface area contributed by atoms with E-state index in [-0.39, 0.29) is 6.54 Å². The molecule has 0 amide bonds. The number of hydrogen-bond acceptors (Lipinski definition) is 3. The molecule has 0 saturated carbocycles. The summed E-state index contributed by atoms with van der Waals surface area (Å²) in [4.78, 5) is 0.338. The van der Waals surface area contributed by atoms with Gasteiger partial charge in [-0.15, -0.1) is 0 Å². The van der Waals surface area contributed by atoms with Crippen LogP contribution in [0, 0.1) is 13.8 Å². The molecule has 0 fully saturated rings. The lowest BCUT2D eigenvalue weighted by atomic mass is 9.91. The highest BCUT2D eigenvalue weighted by atomic mass is 32.2. The topological polar surface area (TPSA) is 55.4 Å². The lowest BCUT2D eigenvalue weighted by Crippen LogP contribution is -2.29. The molecule has 5 heteroatoms. The number of fused-ring (bicyclic) bond motifs is 1. The minimum Gasteiger partial charge on any atom is -0.492 e. The van der Waals surface area contributed by atoms with Crippen LogP contribution in [0.25, 0.3) is 0 Å². The van der Waals surface area contributed by atoms with E-state index < -0.39 is 10.0 Å². The van der Waals surface area contributed by atoms with Crippen molar-refractivity contribution >= 4 is 10.0 Å². The molecule has 0 radical (unpaired) electrons. The van der Waals surface area contributed by atoms with Gasteiger partial charge in [0.15, 0.2) is 0 Å². The first kappa shape index (κ1) is 18.0. The maximum absolute atomic E-state index is 12.5. The van der Waals surface area contributed by atoms with Crippen molar-refractivity contribution in [3.05, 3.63) is 58.7 Å². The van der Waals surface area contributed by atoms with Crippen molar-refractivity contribution in [1.29, 1.82) is 0 Å². The van der Waals surface area contributed by atoms with Crippen LogP contribution in [0.3, 0.4) is 0 Å². The first-order valence-corrected chi connectivity index (χ1v) is 10.3. The van der Waals surface area contributed by atoms with E-state index in [1.165, 1.54) is 24.0 Å². The molecule has 2 aromatic carbocycles. The molecule has 1 aliphatic rings. The van der Waals surface area contributed by atoms with Gasteiger partial charge in [0, 0.05) is 6.54 Å². The minimum absolute atomic E-state index is 0.249. The van der Waals surface area contributed by atoms with Crippen LogP contribution in [0.1, 0.15) is 35.1 Å². The van der Waals surface area contributed by atoms with Gasteiger partial charge in [0.05, 0.1) is 4.90 Å². The third-order valence-corrected chi connectivity index (χ3v) is 6.24. The zero-order valence-electron chi connectivity index (χ0n) is 14.8. The molecule has 1 aliphatic carbocycles. The van der Waals surface area contributed by atoms with Crippen molar-refractivity contribution in [1.82, 2.24) is 4.72 Å². The monoisotopic (exact) mass is 359 g/mol.